The van der Waals surface area contributed by atoms with Gasteiger partial charge in [0.05, 0.1) is 0 Å². The zero-order valence-electron chi connectivity index (χ0n) is 21.4. The van der Waals surface area contributed by atoms with E-state index >= 15 is 0 Å². The molecule has 38 heavy (non-hydrogen) atoms. The molecule has 0 heterocycles. The van der Waals surface area contributed by atoms with Gasteiger partial charge in [-0.25, -0.2) is 0 Å². The fraction of sp³-hybridized carbons (Fsp3) is 0.0270. The molecule has 6 rings (SSSR count). The minimum absolute atomic E-state index is 0.789. The normalized spacial score (nSPS) is 10.9. The fourth-order valence-electron chi connectivity index (χ4n) is 5.30. The van der Waals surface area contributed by atoms with Crippen molar-refractivity contribution in [3.8, 4) is 55.6 Å². The molecule has 0 spiro atoms. The highest BCUT2D eigenvalue weighted by Gasteiger charge is 2.14. The van der Waals surface area contributed by atoms with Gasteiger partial charge in [0.15, 0.2) is 0 Å². The maximum atomic E-state index is 6.31. The molecular formula is C37H29N. The van der Waals surface area contributed by atoms with Crippen molar-refractivity contribution < 1.29 is 0 Å². The summed E-state index contributed by atoms with van der Waals surface area (Å²) in [7, 11) is 0. The van der Waals surface area contributed by atoms with E-state index in [4.69, 9.17) is 5.73 Å². The number of nitrogens with two attached hydrogens (primary N) is 1. The van der Waals surface area contributed by atoms with E-state index in [0.717, 1.165) is 16.8 Å². The molecule has 1 nitrogen and oxygen atoms in total. The molecule has 6 aromatic rings. The number of anilines is 1. The molecule has 0 radical (unpaired) electrons. The molecule has 0 atom stereocenters. The summed E-state index contributed by atoms with van der Waals surface area (Å²) in [5.41, 5.74) is 20.3. The van der Waals surface area contributed by atoms with Gasteiger partial charge in [0.2, 0.25) is 0 Å². The highest BCUT2D eigenvalue weighted by Crippen LogP contribution is 2.40. The van der Waals surface area contributed by atoms with Crippen LogP contribution in [-0.4, -0.2) is 0 Å². The Morgan fingerprint density at radius 3 is 1.21 bits per heavy atom. The number of hydrogen-bond acceptors (Lipinski definition) is 1. The average Bonchev–Trinajstić information content (AvgIpc) is 2.98. The summed E-state index contributed by atoms with van der Waals surface area (Å²) in [4.78, 5) is 0. The number of rotatable bonds is 5. The summed E-state index contributed by atoms with van der Waals surface area (Å²) < 4.78 is 0. The van der Waals surface area contributed by atoms with Gasteiger partial charge >= 0.3 is 0 Å². The van der Waals surface area contributed by atoms with Gasteiger partial charge in [-0.05, 0) is 80.8 Å². The van der Waals surface area contributed by atoms with Gasteiger partial charge in [0, 0.05) is 11.3 Å². The van der Waals surface area contributed by atoms with Crippen molar-refractivity contribution in [2.24, 2.45) is 0 Å². The molecule has 0 fully saturated rings. The van der Waals surface area contributed by atoms with E-state index in [1.807, 2.05) is 18.2 Å². The molecule has 0 aliphatic carbocycles. The van der Waals surface area contributed by atoms with Crippen LogP contribution in [-0.2, 0) is 0 Å². The van der Waals surface area contributed by atoms with Gasteiger partial charge in [-0.3, -0.25) is 0 Å². The maximum Gasteiger partial charge on any atom is 0.0393 e. The third-order valence-electron chi connectivity index (χ3n) is 7.22. The zero-order valence-corrected chi connectivity index (χ0v) is 21.4. The van der Waals surface area contributed by atoms with Gasteiger partial charge in [-0.1, -0.05) is 127 Å². The second-order valence-electron chi connectivity index (χ2n) is 9.65. The van der Waals surface area contributed by atoms with Gasteiger partial charge in [-0.15, -0.1) is 0 Å². The van der Waals surface area contributed by atoms with Crippen LogP contribution in [0.5, 0.6) is 0 Å². The van der Waals surface area contributed by atoms with Crippen molar-refractivity contribution >= 4 is 5.69 Å². The van der Waals surface area contributed by atoms with Crippen molar-refractivity contribution in [1.82, 2.24) is 0 Å². The Balaban J connectivity index is 1.47. The van der Waals surface area contributed by atoms with Crippen molar-refractivity contribution in [2.75, 3.05) is 5.73 Å². The van der Waals surface area contributed by atoms with Gasteiger partial charge in [0.1, 0.15) is 0 Å². The van der Waals surface area contributed by atoms with E-state index in [-0.39, 0.29) is 0 Å². The van der Waals surface area contributed by atoms with Gasteiger partial charge in [0.25, 0.3) is 0 Å². The second kappa shape index (κ2) is 10.2. The number of aryl methyl sites for hydroxylation is 1. The first-order valence-corrected chi connectivity index (χ1v) is 13.0. The van der Waals surface area contributed by atoms with Crippen LogP contribution in [0, 0.1) is 6.92 Å². The van der Waals surface area contributed by atoms with Crippen LogP contribution in [0.3, 0.4) is 0 Å². The highest BCUT2D eigenvalue weighted by molar-refractivity contribution is 5.93. The summed E-state index contributed by atoms with van der Waals surface area (Å²) in [6.45, 7) is 2.17. The summed E-state index contributed by atoms with van der Waals surface area (Å²) in [5, 5.41) is 0. The quantitative estimate of drug-likeness (QED) is 0.241. The van der Waals surface area contributed by atoms with E-state index in [0.29, 0.717) is 0 Å². The molecule has 0 bridgehead atoms. The zero-order chi connectivity index (χ0) is 25.9. The van der Waals surface area contributed by atoms with E-state index in [9.17, 15) is 0 Å². The Morgan fingerprint density at radius 2 is 0.711 bits per heavy atom. The number of benzene rings is 6. The Bertz CT molecular complexity index is 1610. The molecule has 2 N–H and O–H groups in total. The first-order valence-electron chi connectivity index (χ1n) is 13.0. The van der Waals surface area contributed by atoms with Crippen molar-refractivity contribution in [1.29, 1.82) is 0 Å². The fourth-order valence-corrected chi connectivity index (χ4v) is 5.30. The first kappa shape index (κ1) is 23.5. The number of nitrogen functional groups attached to an aromatic ring is 1. The first-order chi connectivity index (χ1) is 18.7. The lowest BCUT2D eigenvalue weighted by Gasteiger charge is -2.16. The molecule has 0 aliphatic rings. The van der Waals surface area contributed by atoms with Crippen LogP contribution in [0.2, 0.25) is 0 Å². The van der Waals surface area contributed by atoms with Gasteiger partial charge < -0.3 is 5.73 Å². The molecule has 1 heteroatoms. The molecule has 0 saturated carbocycles. The third kappa shape index (κ3) is 4.51. The van der Waals surface area contributed by atoms with Crippen molar-refractivity contribution in [2.45, 2.75) is 6.92 Å². The second-order valence-corrected chi connectivity index (χ2v) is 9.65. The molecule has 0 unspecified atom stereocenters. The maximum absolute atomic E-state index is 6.31. The van der Waals surface area contributed by atoms with Crippen molar-refractivity contribution in [3.63, 3.8) is 0 Å². The molecule has 6 aromatic carbocycles. The van der Waals surface area contributed by atoms with Crippen LogP contribution >= 0.6 is 0 Å². The molecule has 182 valence electrons. The lowest BCUT2D eigenvalue weighted by atomic mass is 9.88. The molecule has 0 saturated heterocycles. The van der Waals surface area contributed by atoms with Crippen LogP contribution in [0.4, 0.5) is 5.69 Å². The van der Waals surface area contributed by atoms with Crippen LogP contribution in [0.1, 0.15) is 5.56 Å². The Morgan fingerprint density at radius 1 is 0.342 bits per heavy atom. The molecular weight excluding hydrogens is 458 g/mol. The predicted molar refractivity (Wildman–Crippen MR) is 163 cm³/mol. The summed E-state index contributed by atoms with van der Waals surface area (Å²) in [5.74, 6) is 0. The smallest absolute Gasteiger partial charge is 0.0393 e. The SMILES string of the molecule is Cc1ccccc1-c1cccc(-c2ccccc2-c2ccccc2-c2cccc(-c3ccccc3N)c2)c1. The lowest BCUT2D eigenvalue weighted by molar-refractivity contribution is 1.46. The van der Waals surface area contributed by atoms with E-state index < -0.39 is 0 Å². The molecule has 0 aromatic heterocycles. The third-order valence-corrected chi connectivity index (χ3v) is 7.22. The largest absolute Gasteiger partial charge is 0.398 e. The standard InChI is InChI=1S/C37H29N/c1-26-12-2-3-17-31(26)27-13-10-14-28(24-27)32-18-4-6-21-35(32)36-22-7-5-19-33(36)29-15-11-16-30(25-29)34-20-8-9-23-37(34)38/h2-25H,38H2,1H3. The highest BCUT2D eigenvalue weighted by atomic mass is 14.6. The minimum Gasteiger partial charge on any atom is -0.398 e. The number of hydrogen-bond donors (Lipinski definition) is 1. The number of para-hydroxylation sites is 1. The topological polar surface area (TPSA) is 26.0 Å². The Kier molecular flexibility index (Phi) is 6.34. The summed E-state index contributed by atoms with van der Waals surface area (Å²) in [6.07, 6.45) is 0. The molecule has 0 amide bonds. The van der Waals surface area contributed by atoms with E-state index in [1.54, 1.807) is 0 Å². The molecule has 0 aliphatic heterocycles. The van der Waals surface area contributed by atoms with Crippen molar-refractivity contribution in [3.05, 3.63) is 151 Å². The van der Waals surface area contributed by atoms with Crippen LogP contribution in [0.25, 0.3) is 55.6 Å². The summed E-state index contributed by atoms with van der Waals surface area (Å²) in [6, 6.07) is 51.5. The van der Waals surface area contributed by atoms with E-state index in [1.165, 1.54) is 50.1 Å². The monoisotopic (exact) mass is 487 g/mol. The minimum atomic E-state index is 0.789. The lowest BCUT2D eigenvalue weighted by Crippen LogP contribution is -1.91. The van der Waals surface area contributed by atoms with Crippen LogP contribution in [0.15, 0.2) is 146 Å². The Labute approximate surface area is 224 Å². The average molecular weight is 488 g/mol. The van der Waals surface area contributed by atoms with Gasteiger partial charge in [-0.2, -0.15) is 0 Å². The van der Waals surface area contributed by atoms with E-state index in [2.05, 4.69) is 134 Å². The summed E-state index contributed by atoms with van der Waals surface area (Å²) >= 11 is 0. The predicted octanol–water partition coefficient (Wildman–Crippen LogP) is 9.91. The Hall–Kier alpha value is -4.88. The van der Waals surface area contributed by atoms with Crippen LogP contribution < -0.4 is 5.73 Å².